The normalized spacial score (nSPS) is 15.0. The van der Waals surface area contributed by atoms with Crippen LogP contribution in [0.3, 0.4) is 0 Å². The first-order chi connectivity index (χ1) is 13.3. The van der Waals surface area contributed by atoms with Crippen LogP contribution in [0.15, 0.2) is 60.9 Å². The molecule has 0 fully saturated rings. The minimum atomic E-state index is 0.0148. The molecule has 5 rings (SSSR count). The molecule has 27 heavy (non-hydrogen) atoms. The van der Waals surface area contributed by atoms with Gasteiger partial charge < -0.3 is 9.64 Å². The number of ether oxygens (including phenoxy) is 1. The van der Waals surface area contributed by atoms with Crippen LogP contribution in [0.25, 0.3) is 11.1 Å². The molecule has 3 heterocycles. The molecule has 0 spiro atoms. The highest BCUT2D eigenvalue weighted by atomic mass is 16.5. The second kappa shape index (κ2) is 6.54. The highest BCUT2D eigenvalue weighted by Gasteiger charge is 2.24. The van der Waals surface area contributed by atoms with Crippen molar-refractivity contribution in [2.45, 2.75) is 19.3 Å². The second-order valence-electron chi connectivity index (χ2n) is 7.07. The number of aromatic nitrogens is 1. The minimum Gasteiger partial charge on any atom is -0.493 e. The zero-order valence-electron chi connectivity index (χ0n) is 15.0. The van der Waals surface area contributed by atoms with Crippen molar-refractivity contribution < 1.29 is 9.53 Å². The van der Waals surface area contributed by atoms with E-state index in [1.54, 1.807) is 6.20 Å². The predicted octanol–water partition coefficient (Wildman–Crippen LogP) is 4.28. The Morgan fingerprint density at radius 3 is 2.85 bits per heavy atom. The van der Waals surface area contributed by atoms with Gasteiger partial charge in [0.05, 0.1) is 12.2 Å². The highest BCUT2D eigenvalue weighted by molar-refractivity contribution is 6.07. The second-order valence-corrected chi connectivity index (χ2v) is 7.07. The molecule has 2 aliphatic heterocycles. The van der Waals surface area contributed by atoms with Crippen molar-refractivity contribution in [1.29, 1.82) is 0 Å². The number of carbonyl (C=O) groups is 1. The van der Waals surface area contributed by atoms with E-state index >= 15 is 0 Å². The number of hydrogen-bond donors (Lipinski definition) is 0. The van der Waals surface area contributed by atoms with Crippen LogP contribution in [0.1, 0.15) is 27.9 Å². The molecule has 0 atom stereocenters. The topological polar surface area (TPSA) is 42.4 Å². The summed E-state index contributed by atoms with van der Waals surface area (Å²) in [5, 5.41) is 0. The van der Waals surface area contributed by atoms with E-state index in [0.717, 1.165) is 55.0 Å². The summed E-state index contributed by atoms with van der Waals surface area (Å²) in [6, 6.07) is 16.3. The van der Waals surface area contributed by atoms with Crippen molar-refractivity contribution in [3.05, 3.63) is 77.6 Å². The van der Waals surface area contributed by atoms with Gasteiger partial charge in [-0.05, 0) is 53.8 Å². The molecule has 0 N–H and O–H groups in total. The molecule has 2 aliphatic rings. The molecule has 1 amide bonds. The fraction of sp³-hybridized carbons (Fsp3) is 0.217. The lowest BCUT2D eigenvalue weighted by Crippen LogP contribution is -2.35. The fourth-order valence-corrected chi connectivity index (χ4v) is 3.98. The SMILES string of the molecule is O=C(c1cncc(-c2ccc3c(c2)CCO3)c1)N1CCCc2ccccc21. The summed E-state index contributed by atoms with van der Waals surface area (Å²) in [6.07, 6.45) is 6.42. The van der Waals surface area contributed by atoms with Gasteiger partial charge in [0.1, 0.15) is 5.75 Å². The average molecular weight is 356 g/mol. The molecular weight excluding hydrogens is 336 g/mol. The Labute approximate surface area is 158 Å². The third-order valence-corrected chi connectivity index (χ3v) is 5.36. The van der Waals surface area contributed by atoms with E-state index in [4.69, 9.17) is 4.74 Å². The van der Waals surface area contributed by atoms with E-state index in [1.165, 1.54) is 11.1 Å². The molecule has 2 aromatic carbocycles. The quantitative estimate of drug-likeness (QED) is 0.688. The third-order valence-electron chi connectivity index (χ3n) is 5.36. The summed E-state index contributed by atoms with van der Waals surface area (Å²) in [6.45, 7) is 1.49. The number of hydrogen-bond acceptors (Lipinski definition) is 3. The van der Waals surface area contributed by atoms with Crippen molar-refractivity contribution in [2.24, 2.45) is 0 Å². The molecule has 4 heteroatoms. The van der Waals surface area contributed by atoms with Crippen molar-refractivity contribution in [3.8, 4) is 16.9 Å². The summed E-state index contributed by atoms with van der Waals surface area (Å²) in [7, 11) is 0. The number of para-hydroxylation sites is 1. The zero-order chi connectivity index (χ0) is 18.2. The number of benzene rings is 2. The number of pyridine rings is 1. The maximum absolute atomic E-state index is 13.2. The van der Waals surface area contributed by atoms with E-state index in [2.05, 4.69) is 17.1 Å². The molecule has 0 saturated heterocycles. The summed E-state index contributed by atoms with van der Waals surface area (Å²) >= 11 is 0. The molecular formula is C23H20N2O2. The Morgan fingerprint density at radius 2 is 1.89 bits per heavy atom. The minimum absolute atomic E-state index is 0.0148. The van der Waals surface area contributed by atoms with Crippen LogP contribution in [0.5, 0.6) is 5.75 Å². The Balaban J connectivity index is 1.48. The molecule has 134 valence electrons. The molecule has 4 nitrogen and oxygen atoms in total. The molecule has 0 bridgehead atoms. The van der Waals surface area contributed by atoms with Gasteiger partial charge in [-0.25, -0.2) is 0 Å². The highest BCUT2D eigenvalue weighted by Crippen LogP contribution is 2.32. The lowest BCUT2D eigenvalue weighted by molar-refractivity contribution is 0.0985. The maximum Gasteiger partial charge on any atom is 0.259 e. The fourth-order valence-electron chi connectivity index (χ4n) is 3.98. The van der Waals surface area contributed by atoms with E-state index in [0.29, 0.717) is 5.56 Å². The number of fused-ring (bicyclic) bond motifs is 2. The Hall–Kier alpha value is -3.14. The predicted molar refractivity (Wildman–Crippen MR) is 105 cm³/mol. The van der Waals surface area contributed by atoms with Gasteiger partial charge in [-0.3, -0.25) is 9.78 Å². The van der Waals surface area contributed by atoms with Gasteiger partial charge in [-0.1, -0.05) is 24.3 Å². The smallest absolute Gasteiger partial charge is 0.259 e. The largest absolute Gasteiger partial charge is 0.493 e. The standard InChI is InChI=1S/C23H20N2O2/c26-23(25-10-3-5-16-4-1-2-6-21(16)25)20-13-19(14-24-15-20)17-7-8-22-18(12-17)9-11-27-22/h1-2,4,6-8,12-15H,3,5,9-11H2. The van der Waals surface area contributed by atoms with Gasteiger partial charge in [-0.15, -0.1) is 0 Å². The van der Waals surface area contributed by atoms with Crippen LogP contribution in [0.2, 0.25) is 0 Å². The lowest BCUT2D eigenvalue weighted by atomic mass is 9.99. The number of rotatable bonds is 2. The first kappa shape index (κ1) is 16.1. The summed E-state index contributed by atoms with van der Waals surface area (Å²) in [5.74, 6) is 0.977. The van der Waals surface area contributed by atoms with E-state index in [9.17, 15) is 4.79 Å². The monoisotopic (exact) mass is 356 g/mol. The molecule has 0 saturated carbocycles. The van der Waals surface area contributed by atoms with Crippen LogP contribution in [0, 0.1) is 0 Å². The summed E-state index contributed by atoms with van der Waals surface area (Å²) < 4.78 is 5.59. The van der Waals surface area contributed by atoms with Crippen LogP contribution in [0.4, 0.5) is 5.69 Å². The third kappa shape index (κ3) is 2.87. The van der Waals surface area contributed by atoms with Gasteiger partial charge in [0.15, 0.2) is 0 Å². The summed E-state index contributed by atoms with van der Waals surface area (Å²) in [4.78, 5) is 19.4. The van der Waals surface area contributed by atoms with Gasteiger partial charge >= 0.3 is 0 Å². The Morgan fingerprint density at radius 1 is 0.963 bits per heavy atom. The number of amides is 1. The van der Waals surface area contributed by atoms with Crippen LogP contribution in [-0.4, -0.2) is 24.0 Å². The van der Waals surface area contributed by atoms with Crippen LogP contribution >= 0.6 is 0 Å². The zero-order valence-corrected chi connectivity index (χ0v) is 15.0. The molecule has 3 aromatic rings. The first-order valence-electron chi connectivity index (χ1n) is 9.40. The lowest BCUT2D eigenvalue weighted by Gasteiger charge is -2.29. The molecule has 0 radical (unpaired) electrons. The average Bonchev–Trinajstić information content (AvgIpc) is 3.21. The van der Waals surface area contributed by atoms with Gasteiger partial charge in [0.25, 0.3) is 5.91 Å². The Bertz CT molecular complexity index is 1030. The van der Waals surface area contributed by atoms with Gasteiger partial charge in [-0.2, -0.15) is 0 Å². The number of anilines is 1. The van der Waals surface area contributed by atoms with Crippen molar-refractivity contribution >= 4 is 11.6 Å². The molecule has 0 aliphatic carbocycles. The summed E-state index contributed by atoms with van der Waals surface area (Å²) in [5.41, 5.74) is 6.13. The van der Waals surface area contributed by atoms with Crippen molar-refractivity contribution in [1.82, 2.24) is 4.98 Å². The van der Waals surface area contributed by atoms with Crippen molar-refractivity contribution in [3.63, 3.8) is 0 Å². The first-order valence-corrected chi connectivity index (χ1v) is 9.40. The van der Waals surface area contributed by atoms with Crippen LogP contribution in [-0.2, 0) is 12.8 Å². The van der Waals surface area contributed by atoms with Crippen molar-refractivity contribution in [2.75, 3.05) is 18.1 Å². The van der Waals surface area contributed by atoms with E-state index < -0.39 is 0 Å². The Kier molecular flexibility index (Phi) is 3.89. The van der Waals surface area contributed by atoms with Crippen LogP contribution < -0.4 is 9.64 Å². The number of aryl methyl sites for hydroxylation is 1. The molecule has 0 unspecified atom stereocenters. The van der Waals surface area contributed by atoms with Gasteiger partial charge in [0.2, 0.25) is 0 Å². The maximum atomic E-state index is 13.2. The number of nitrogens with zero attached hydrogens (tertiary/aromatic N) is 2. The van der Waals surface area contributed by atoms with E-state index in [-0.39, 0.29) is 5.91 Å². The van der Waals surface area contributed by atoms with E-state index in [1.807, 2.05) is 47.5 Å². The molecule has 1 aromatic heterocycles. The van der Waals surface area contributed by atoms with Gasteiger partial charge in [0, 0.05) is 36.6 Å². The number of carbonyl (C=O) groups excluding carboxylic acids is 1.